The van der Waals surface area contributed by atoms with Gasteiger partial charge in [0.25, 0.3) is 15.9 Å². The smallest absolute Gasteiger partial charge is 0.368 e. The topological polar surface area (TPSA) is 111 Å². The van der Waals surface area contributed by atoms with Crippen LogP contribution in [0.1, 0.15) is 31.2 Å². The van der Waals surface area contributed by atoms with Gasteiger partial charge in [0.1, 0.15) is 11.5 Å². The molecule has 0 saturated heterocycles. The minimum atomic E-state index is -4.92. The van der Waals surface area contributed by atoms with E-state index >= 15 is 0 Å². The molecule has 0 aliphatic carbocycles. The van der Waals surface area contributed by atoms with E-state index in [2.05, 4.69) is 10.1 Å². The van der Waals surface area contributed by atoms with E-state index in [4.69, 9.17) is 5.73 Å². The Balaban J connectivity index is 2.75. The minimum Gasteiger partial charge on any atom is -0.368 e. The molecule has 0 spiro atoms. The zero-order chi connectivity index (χ0) is 18.4. The summed E-state index contributed by atoms with van der Waals surface area (Å²) < 4.78 is 84.6. The molecule has 2 rings (SSSR count). The van der Waals surface area contributed by atoms with Crippen LogP contribution in [0.4, 0.5) is 23.5 Å². The molecule has 0 aliphatic heterocycles. The predicted molar refractivity (Wildman–Crippen MR) is 74.6 cm³/mol. The van der Waals surface area contributed by atoms with Gasteiger partial charge in [0.05, 0.1) is 4.90 Å². The number of alkyl halides is 3. The maximum absolute atomic E-state index is 14.2. The predicted octanol–water partition coefficient (Wildman–Crippen LogP) is 2.38. The molecular weight excluding hydrogens is 356 g/mol. The highest BCUT2D eigenvalue weighted by atomic mass is 32.2. The van der Waals surface area contributed by atoms with Crippen LogP contribution in [0.2, 0.25) is 0 Å². The molecule has 1 heterocycles. The summed E-state index contributed by atoms with van der Waals surface area (Å²) in [7, 11) is -4.75. The second-order valence-corrected chi connectivity index (χ2v) is 6.56. The van der Waals surface area contributed by atoms with Crippen LogP contribution in [0.15, 0.2) is 17.0 Å². The number of nitrogen functional groups attached to an aromatic ring is 1. The summed E-state index contributed by atoms with van der Waals surface area (Å²) in [5.41, 5.74) is 4.57. The summed E-state index contributed by atoms with van der Waals surface area (Å²) in [6, 6.07) is 1.45. The number of anilines is 1. The number of nitrogens with zero attached hydrogens (tertiary/aromatic N) is 3. The lowest BCUT2D eigenvalue weighted by Gasteiger charge is -2.14. The molecule has 0 aliphatic rings. The number of aromatic nitrogens is 3. The third kappa shape index (κ3) is 3.33. The number of halogens is 4. The molecule has 1 aromatic carbocycles. The van der Waals surface area contributed by atoms with Crippen molar-refractivity contribution < 1.29 is 30.5 Å². The molecule has 12 heteroatoms. The lowest BCUT2D eigenvalue weighted by molar-refractivity contribution is -0.144. The molecule has 0 atom stereocenters. The van der Waals surface area contributed by atoms with Gasteiger partial charge < -0.3 is 5.73 Å². The zero-order valence-electron chi connectivity index (χ0n) is 12.3. The molecule has 0 saturated carbocycles. The highest BCUT2D eigenvalue weighted by molar-refractivity contribution is 7.85. The van der Waals surface area contributed by atoms with E-state index < -0.39 is 50.4 Å². The van der Waals surface area contributed by atoms with Crippen molar-refractivity contribution in [3.63, 3.8) is 0 Å². The molecule has 0 fully saturated rings. The standard InChI is InChI=1S/C12H12F4N4O3S/c1-5(2)6-3-7(13)8(4-9(6)24(21,22)23)20-11(17)18-10(19-20)12(14,15)16/h3-5H,1-2H3,(H2,17,18,19)(H,21,22,23). The van der Waals surface area contributed by atoms with Crippen LogP contribution in [-0.2, 0) is 16.3 Å². The first-order valence-corrected chi connectivity index (χ1v) is 7.87. The number of hydrogen-bond donors (Lipinski definition) is 2. The van der Waals surface area contributed by atoms with Gasteiger partial charge in [-0.3, -0.25) is 4.55 Å². The summed E-state index contributed by atoms with van der Waals surface area (Å²) in [5, 5.41) is 3.05. The summed E-state index contributed by atoms with van der Waals surface area (Å²) in [5.74, 6) is -3.96. The Kier molecular flexibility index (Phi) is 4.31. The molecule has 1 aromatic heterocycles. The van der Waals surface area contributed by atoms with Crippen molar-refractivity contribution in [2.75, 3.05) is 5.73 Å². The van der Waals surface area contributed by atoms with Crippen LogP contribution in [0.25, 0.3) is 5.69 Å². The molecule has 0 amide bonds. The maximum atomic E-state index is 14.2. The molecule has 0 radical (unpaired) electrons. The lowest BCUT2D eigenvalue weighted by Crippen LogP contribution is -2.12. The Morgan fingerprint density at radius 2 is 1.88 bits per heavy atom. The number of nitrogens with two attached hydrogens (primary N) is 1. The van der Waals surface area contributed by atoms with Gasteiger partial charge in [-0.15, -0.1) is 5.10 Å². The normalized spacial score (nSPS) is 12.8. The average molecular weight is 368 g/mol. The average Bonchev–Trinajstić information content (AvgIpc) is 2.79. The summed E-state index contributed by atoms with van der Waals surface area (Å²) in [6.45, 7) is 3.10. The van der Waals surface area contributed by atoms with E-state index in [1.54, 1.807) is 13.8 Å². The Hall–Kier alpha value is -2.21. The van der Waals surface area contributed by atoms with Gasteiger partial charge >= 0.3 is 6.18 Å². The quantitative estimate of drug-likeness (QED) is 0.636. The van der Waals surface area contributed by atoms with E-state index in [1.807, 2.05) is 0 Å². The first kappa shape index (κ1) is 18.1. The van der Waals surface area contributed by atoms with Crippen molar-refractivity contribution in [3.05, 3.63) is 29.3 Å². The Morgan fingerprint density at radius 3 is 2.29 bits per heavy atom. The van der Waals surface area contributed by atoms with E-state index in [9.17, 15) is 30.5 Å². The van der Waals surface area contributed by atoms with E-state index in [1.165, 1.54) is 0 Å². The number of benzene rings is 1. The fourth-order valence-electron chi connectivity index (χ4n) is 2.02. The Labute approximate surface area is 133 Å². The summed E-state index contributed by atoms with van der Waals surface area (Å²) in [6.07, 6.45) is -4.92. The van der Waals surface area contributed by atoms with E-state index in [0.717, 1.165) is 6.07 Å². The maximum Gasteiger partial charge on any atom is 0.453 e. The molecule has 7 nitrogen and oxygen atoms in total. The molecule has 132 valence electrons. The molecule has 0 bridgehead atoms. The molecule has 24 heavy (non-hydrogen) atoms. The monoisotopic (exact) mass is 368 g/mol. The second-order valence-electron chi connectivity index (χ2n) is 5.17. The fraction of sp³-hybridized carbons (Fsp3) is 0.333. The number of rotatable bonds is 3. The van der Waals surface area contributed by atoms with Crippen molar-refractivity contribution in [1.29, 1.82) is 0 Å². The van der Waals surface area contributed by atoms with Crippen molar-refractivity contribution in [2.45, 2.75) is 30.8 Å². The molecule has 2 aromatic rings. The van der Waals surface area contributed by atoms with Gasteiger partial charge in [0.15, 0.2) is 0 Å². The Bertz CT molecular complexity index is 890. The molecule has 3 N–H and O–H groups in total. The van der Waals surface area contributed by atoms with Crippen LogP contribution in [0, 0.1) is 5.82 Å². The summed E-state index contributed by atoms with van der Waals surface area (Å²) in [4.78, 5) is 2.32. The van der Waals surface area contributed by atoms with Gasteiger partial charge in [-0.2, -0.15) is 31.3 Å². The fourth-order valence-corrected chi connectivity index (χ4v) is 2.87. The van der Waals surface area contributed by atoms with Crippen LogP contribution in [0.5, 0.6) is 0 Å². The summed E-state index contributed by atoms with van der Waals surface area (Å²) >= 11 is 0. The van der Waals surface area contributed by atoms with E-state index in [-0.39, 0.29) is 5.56 Å². The molecular formula is C12H12F4N4O3S. The van der Waals surface area contributed by atoms with Crippen LogP contribution < -0.4 is 5.73 Å². The minimum absolute atomic E-state index is 0.0477. The van der Waals surface area contributed by atoms with Crippen molar-refractivity contribution in [3.8, 4) is 5.69 Å². The highest BCUT2D eigenvalue weighted by Gasteiger charge is 2.37. The second kappa shape index (κ2) is 5.70. The zero-order valence-corrected chi connectivity index (χ0v) is 13.2. The van der Waals surface area contributed by atoms with Crippen LogP contribution >= 0.6 is 0 Å². The SMILES string of the molecule is CC(C)c1cc(F)c(-n2nc(C(F)(F)F)nc2N)cc1S(=O)(=O)O. The van der Waals surface area contributed by atoms with Gasteiger partial charge in [-0.1, -0.05) is 13.8 Å². The number of hydrogen-bond acceptors (Lipinski definition) is 5. The first-order chi connectivity index (χ1) is 10.8. The van der Waals surface area contributed by atoms with Crippen LogP contribution in [0.3, 0.4) is 0 Å². The van der Waals surface area contributed by atoms with Gasteiger partial charge in [-0.25, -0.2) is 4.39 Å². The highest BCUT2D eigenvalue weighted by Crippen LogP contribution is 2.31. The largest absolute Gasteiger partial charge is 0.453 e. The van der Waals surface area contributed by atoms with Gasteiger partial charge in [-0.05, 0) is 23.6 Å². The van der Waals surface area contributed by atoms with Crippen molar-refractivity contribution >= 4 is 16.1 Å². The Morgan fingerprint density at radius 1 is 1.29 bits per heavy atom. The molecule has 0 unspecified atom stereocenters. The van der Waals surface area contributed by atoms with Crippen molar-refractivity contribution in [2.24, 2.45) is 0 Å². The van der Waals surface area contributed by atoms with E-state index in [0.29, 0.717) is 10.7 Å². The van der Waals surface area contributed by atoms with Crippen LogP contribution in [-0.4, -0.2) is 27.7 Å². The third-order valence-corrected chi connectivity index (χ3v) is 4.00. The van der Waals surface area contributed by atoms with Gasteiger partial charge in [0, 0.05) is 0 Å². The van der Waals surface area contributed by atoms with Crippen molar-refractivity contribution in [1.82, 2.24) is 14.8 Å². The third-order valence-electron chi connectivity index (χ3n) is 3.09. The lowest BCUT2D eigenvalue weighted by atomic mass is 10.0. The van der Waals surface area contributed by atoms with Gasteiger partial charge in [0.2, 0.25) is 5.95 Å². The first-order valence-electron chi connectivity index (χ1n) is 6.43.